The van der Waals surface area contributed by atoms with Crippen molar-refractivity contribution >= 4 is 11.0 Å². The molecule has 0 aliphatic carbocycles. The summed E-state index contributed by atoms with van der Waals surface area (Å²) in [5, 5.41) is 31.3. The van der Waals surface area contributed by atoms with E-state index in [1.54, 1.807) is 24.4 Å². The molecule has 6 rings (SSSR count). The number of phenolic OH excluding ortho intramolecular Hbond substituents is 1. The molecule has 0 aliphatic rings. The maximum absolute atomic E-state index is 11.9. The molecule has 6 heteroatoms. The fraction of sp³-hybridized carbons (Fsp3) is 0.200. The van der Waals surface area contributed by atoms with E-state index < -0.39 is 0 Å². The number of benzene rings is 4. The molecule has 4 aromatic carbocycles. The lowest BCUT2D eigenvalue weighted by atomic mass is 9.79. The standard InChI is InChI=1S/C40H35N5O/c1-39(2,3)29-21-32(37(46)33(22-29)40(4,5)6)38-44-36-31(13-10-14-35(36)45(38)30-11-8-7-9-12-30)27-17-26(24-42)18-28(20-27)34-19-25(23-41)15-16-43-34/h7-22,46H,1-6H3. The Balaban J connectivity index is 1.68. The Kier molecular flexibility index (Phi) is 7.47. The molecule has 1 N–H and O–H groups in total. The second-order valence-corrected chi connectivity index (χ2v) is 13.7. The quantitative estimate of drug-likeness (QED) is 0.217. The maximum atomic E-state index is 11.9. The molecule has 226 valence electrons. The first-order valence-electron chi connectivity index (χ1n) is 15.3. The van der Waals surface area contributed by atoms with Gasteiger partial charge < -0.3 is 5.11 Å². The molecule has 0 saturated heterocycles. The Morgan fingerprint density at radius 2 is 1.41 bits per heavy atom. The average Bonchev–Trinajstić information content (AvgIpc) is 3.43. The van der Waals surface area contributed by atoms with Crippen LogP contribution in [0.3, 0.4) is 0 Å². The highest BCUT2D eigenvalue weighted by molar-refractivity contribution is 5.97. The van der Waals surface area contributed by atoms with Gasteiger partial charge in [0.15, 0.2) is 0 Å². The summed E-state index contributed by atoms with van der Waals surface area (Å²) in [6, 6.07) is 33.7. The van der Waals surface area contributed by atoms with Gasteiger partial charge in [-0.15, -0.1) is 0 Å². The molecule has 46 heavy (non-hydrogen) atoms. The maximum Gasteiger partial charge on any atom is 0.149 e. The van der Waals surface area contributed by atoms with Gasteiger partial charge in [-0.05, 0) is 76.6 Å². The van der Waals surface area contributed by atoms with Gasteiger partial charge in [0.1, 0.15) is 11.6 Å². The van der Waals surface area contributed by atoms with Crippen molar-refractivity contribution in [3.05, 3.63) is 119 Å². The number of imidazole rings is 1. The zero-order chi connectivity index (χ0) is 32.8. The molecule has 0 aliphatic heterocycles. The number of hydrogen-bond acceptors (Lipinski definition) is 5. The predicted molar refractivity (Wildman–Crippen MR) is 184 cm³/mol. The summed E-state index contributed by atoms with van der Waals surface area (Å²) >= 11 is 0. The lowest BCUT2D eigenvalue weighted by Gasteiger charge is -2.27. The third kappa shape index (κ3) is 5.51. The molecule has 6 aromatic rings. The molecule has 2 aromatic heterocycles. The molecule has 0 atom stereocenters. The molecule has 0 radical (unpaired) electrons. The average molecular weight is 602 g/mol. The lowest BCUT2D eigenvalue weighted by Crippen LogP contribution is -2.17. The van der Waals surface area contributed by atoms with E-state index in [0.29, 0.717) is 28.2 Å². The van der Waals surface area contributed by atoms with Gasteiger partial charge in [0, 0.05) is 28.6 Å². The molecule has 0 unspecified atom stereocenters. The van der Waals surface area contributed by atoms with E-state index >= 15 is 0 Å². The van der Waals surface area contributed by atoms with E-state index in [2.05, 4.69) is 75.4 Å². The largest absolute Gasteiger partial charge is 0.507 e. The van der Waals surface area contributed by atoms with Crippen LogP contribution in [0.2, 0.25) is 0 Å². The smallest absolute Gasteiger partial charge is 0.149 e. The summed E-state index contributed by atoms with van der Waals surface area (Å²) in [7, 11) is 0. The Labute approximate surface area is 269 Å². The van der Waals surface area contributed by atoms with E-state index in [1.807, 2.05) is 60.7 Å². The van der Waals surface area contributed by atoms with Gasteiger partial charge in [0.2, 0.25) is 0 Å². The van der Waals surface area contributed by atoms with Crippen LogP contribution in [0, 0.1) is 22.7 Å². The number of hydrogen-bond donors (Lipinski definition) is 1. The number of rotatable bonds is 4. The van der Waals surface area contributed by atoms with Crippen LogP contribution < -0.4 is 0 Å². The number of nitrogens with zero attached hydrogens (tertiary/aromatic N) is 5. The van der Waals surface area contributed by atoms with Crippen molar-refractivity contribution < 1.29 is 5.11 Å². The minimum absolute atomic E-state index is 0.164. The number of aromatic hydroxyl groups is 1. The highest BCUT2D eigenvalue weighted by atomic mass is 16.3. The van der Waals surface area contributed by atoms with E-state index in [9.17, 15) is 15.6 Å². The van der Waals surface area contributed by atoms with Crippen LogP contribution in [0.25, 0.3) is 50.5 Å². The van der Waals surface area contributed by atoms with Crippen molar-refractivity contribution in [3.8, 4) is 57.3 Å². The third-order valence-electron chi connectivity index (χ3n) is 8.28. The Morgan fingerprint density at radius 1 is 0.696 bits per heavy atom. The molecular weight excluding hydrogens is 566 g/mol. The molecule has 0 spiro atoms. The summed E-state index contributed by atoms with van der Waals surface area (Å²) in [6.07, 6.45) is 1.60. The van der Waals surface area contributed by atoms with Gasteiger partial charge in [0.05, 0.1) is 45.6 Å². The van der Waals surface area contributed by atoms with Crippen LogP contribution in [0.15, 0.2) is 97.2 Å². The third-order valence-corrected chi connectivity index (χ3v) is 8.28. The molecule has 0 bridgehead atoms. The summed E-state index contributed by atoms with van der Waals surface area (Å²) in [5.74, 6) is 0.842. The van der Waals surface area contributed by atoms with Gasteiger partial charge >= 0.3 is 0 Å². The summed E-state index contributed by atoms with van der Waals surface area (Å²) in [4.78, 5) is 9.77. The highest BCUT2D eigenvalue weighted by Crippen LogP contribution is 2.44. The van der Waals surface area contributed by atoms with Crippen molar-refractivity contribution in [2.75, 3.05) is 0 Å². The summed E-state index contributed by atoms with van der Waals surface area (Å²) in [6.45, 7) is 12.9. The molecule has 0 fully saturated rings. The molecule has 6 nitrogen and oxygen atoms in total. The highest BCUT2D eigenvalue weighted by Gasteiger charge is 2.28. The first-order chi connectivity index (χ1) is 21.9. The van der Waals surface area contributed by atoms with Gasteiger partial charge in [0.25, 0.3) is 0 Å². The second kappa shape index (κ2) is 11.3. The number of fused-ring (bicyclic) bond motifs is 1. The number of pyridine rings is 1. The summed E-state index contributed by atoms with van der Waals surface area (Å²) < 4.78 is 2.10. The van der Waals surface area contributed by atoms with E-state index in [0.717, 1.165) is 44.5 Å². The van der Waals surface area contributed by atoms with Gasteiger partial charge in [-0.3, -0.25) is 9.55 Å². The topological polar surface area (TPSA) is 98.5 Å². The molecule has 0 amide bonds. The van der Waals surface area contributed by atoms with Crippen molar-refractivity contribution in [1.82, 2.24) is 14.5 Å². The van der Waals surface area contributed by atoms with Crippen LogP contribution >= 0.6 is 0 Å². The molecular formula is C40H35N5O. The van der Waals surface area contributed by atoms with Gasteiger partial charge in [-0.1, -0.05) is 77.9 Å². The lowest BCUT2D eigenvalue weighted by molar-refractivity contribution is 0.446. The predicted octanol–water partition coefficient (Wildman–Crippen LogP) is 9.47. The van der Waals surface area contributed by atoms with E-state index in [4.69, 9.17) is 4.98 Å². The zero-order valence-electron chi connectivity index (χ0n) is 26.9. The fourth-order valence-electron chi connectivity index (χ4n) is 5.81. The second-order valence-electron chi connectivity index (χ2n) is 13.7. The molecule has 2 heterocycles. The van der Waals surface area contributed by atoms with Crippen molar-refractivity contribution in [2.45, 2.75) is 52.4 Å². The van der Waals surface area contributed by atoms with E-state index in [1.165, 1.54) is 0 Å². The number of para-hydroxylation sites is 2. The minimum atomic E-state index is -0.306. The SMILES string of the molecule is CC(C)(C)c1cc(-c2nc3c(-c4cc(C#N)cc(-c5cc(C#N)ccn5)c4)cccc3n2-c2ccccc2)c(O)c(C(C)(C)C)c1. The van der Waals surface area contributed by atoms with E-state index in [-0.39, 0.29) is 16.6 Å². The monoisotopic (exact) mass is 601 g/mol. The number of phenols is 1. The Morgan fingerprint density at radius 3 is 2.09 bits per heavy atom. The Hall–Kier alpha value is -5.72. The minimum Gasteiger partial charge on any atom is -0.507 e. The fourth-order valence-corrected chi connectivity index (χ4v) is 5.81. The van der Waals surface area contributed by atoms with Crippen molar-refractivity contribution in [1.29, 1.82) is 10.5 Å². The first-order valence-corrected chi connectivity index (χ1v) is 15.3. The van der Waals surface area contributed by atoms with Crippen LogP contribution in [0.5, 0.6) is 5.75 Å². The van der Waals surface area contributed by atoms with Crippen molar-refractivity contribution in [3.63, 3.8) is 0 Å². The Bertz CT molecular complexity index is 2200. The number of nitriles is 2. The normalized spacial score (nSPS) is 11.7. The van der Waals surface area contributed by atoms with Crippen LogP contribution in [-0.4, -0.2) is 19.6 Å². The number of aromatic nitrogens is 3. The van der Waals surface area contributed by atoms with Crippen LogP contribution in [0.4, 0.5) is 0 Å². The van der Waals surface area contributed by atoms with Gasteiger partial charge in [-0.2, -0.15) is 10.5 Å². The van der Waals surface area contributed by atoms with Crippen LogP contribution in [-0.2, 0) is 10.8 Å². The van der Waals surface area contributed by atoms with Crippen LogP contribution in [0.1, 0.15) is 63.8 Å². The van der Waals surface area contributed by atoms with Crippen molar-refractivity contribution in [2.24, 2.45) is 0 Å². The first kappa shape index (κ1) is 30.3. The van der Waals surface area contributed by atoms with Gasteiger partial charge in [-0.25, -0.2) is 4.98 Å². The summed E-state index contributed by atoms with van der Waals surface area (Å²) in [5.41, 5.74) is 8.63. The molecule has 0 saturated carbocycles. The zero-order valence-corrected chi connectivity index (χ0v) is 26.9.